The number of allylic oxidation sites excluding steroid dienone is 4. The van der Waals surface area contributed by atoms with Crippen LogP contribution in [0.1, 0.15) is 43.6 Å². The summed E-state index contributed by atoms with van der Waals surface area (Å²) >= 11 is 0. The molecule has 5 nitrogen and oxygen atoms in total. The molecule has 30 heavy (non-hydrogen) atoms. The number of nitrogens with zero attached hydrogens (tertiary/aromatic N) is 2. The molecule has 3 aliphatic carbocycles. The Morgan fingerprint density at radius 3 is 2.67 bits per heavy atom. The van der Waals surface area contributed by atoms with Gasteiger partial charge in [-0.3, -0.25) is 9.78 Å². The van der Waals surface area contributed by atoms with Gasteiger partial charge in [0.1, 0.15) is 0 Å². The third-order valence-corrected chi connectivity index (χ3v) is 7.37. The highest BCUT2D eigenvalue weighted by Crippen LogP contribution is 2.64. The molecule has 3 fully saturated rings. The largest absolute Gasteiger partial charge is 0.416 e. The molecule has 2 heterocycles. The summed E-state index contributed by atoms with van der Waals surface area (Å²) in [6.45, 7) is 3.30. The van der Waals surface area contributed by atoms with Crippen molar-refractivity contribution in [3.8, 4) is 0 Å². The topological polar surface area (TPSA) is 58.1 Å². The number of aromatic nitrogens is 2. The van der Waals surface area contributed by atoms with E-state index in [2.05, 4.69) is 9.88 Å². The molecule has 3 atom stereocenters. The van der Waals surface area contributed by atoms with Gasteiger partial charge in [0.15, 0.2) is 0 Å². The summed E-state index contributed by atoms with van der Waals surface area (Å²) in [5.41, 5.74) is -0.309. The molecule has 162 valence electrons. The molecule has 0 unspecified atom stereocenters. The minimum atomic E-state index is -4.26. The number of aryl methyl sites for hydroxylation is 1. The Labute approximate surface area is 172 Å². The second-order valence-electron chi connectivity index (χ2n) is 9.39. The van der Waals surface area contributed by atoms with Crippen LogP contribution in [0, 0.1) is 17.3 Å². The normalized spacial score (nSPS) is 31.0. The summed E-state index contributed by atoms with van der Waals surface area (Å²) in [6, 6.07) is 0. The van der Waals surface area contributed by atoms with E-state index in [9.17, 15) is 22.8 Å². The van der Waals surface area contributed by atoms with Crippen LogP contribution in [0.2, 0.25) is 0 Å². The van der Waals surface area contributed by atoms with Crippen molar-refractivity contribution in [2.45, 2.75) is 50.7 Å². The first-order chi connectivity index (χ1) is 14.3. The zero-order chi connectivity index (χ0) is 21.1. The fourth-order valence-corrected chi connectivity index (χ4v) is 5.47. The molecule has 0 aromatic carbocycles. The SMILES string of the molecule is O=c1[nH]c(=O)n(CCCN2C[C@@H]3C[C@]3([C@H]3C=CC(C(F)(F)F)=CC3)C2)cc1C1CC1. The van der Waals surface area contributed by atoms with Crippen LogP contribution in [-0.2, 0) is 6.54 Å². The van der Waals surface area contributed by atoms with Gasteiger partial charge in [0.25, 0.3) is 5.56 Å². The van der Waals surface area contributed by atoms with Crippen LogP contribution < -0.4 is 11.2 Å². The van der Waals surface area contributed by atoms with Gasteiger partial charge in [-0.15, -0.1) is 0 Å². The van der Waals surface area contributed by atoms with Gasteiger partial charge in [-0.25, -0.2) is 4.79 Å². The molecule has 0 bridgehead atoms. The van der Waals surface area contributed by atoms with Gasteiger partial charge >= 0.3 is 11.9 Å². The lowest BCUT2D eigenvalue weighted by atomic mass is 9.82. The number of aromatic amines is 1. The molecule has 0 spiro atoms. The average molecular weight is 421 g/mol. The van der Waals surface area contributed by atoms with Crippen molar-refractivity contribution >= 4 is 0 Å². The van der Waals surface area contributed by atoms with E-state index in [0.717, 1.165) is 45.3 Å². The highest BCUT2D eigenvalue weighted by molar-refractivity contribution is 5.31. The van der Waals surface area contributed by atoms with Crippen molar-refractivity contribution in [2.75, 3.05) is 19.6 Å². The zero-order valence-electron chi connectivity index (χ0n) is 16.8. The maximum absolute atomic E-state index is 12.8. The summed E-state index contributed by atoms with van der Waals surface area (Å²) in [4.78, 5) is 28.8. The number of likely N-dealkylation sites (tertiary alicyclic amines) is 1. The summed E-state index contributed by atoms with van der Waals surface area (Å²) in [6.07, 6.45) is 6.20. The molecule has 1 aliphatic heterocycles. The van der Waals surface area contributed by atoms with Crippen molar-refractivity contribution in [2.24, 2.45) is 17.3 Å². The predicted molar refractivity (Wildman–Crippen MR) is 106 cm³/mol. The van der Waals surface area contributed by atoms with E-state index in [1.807, 2.05) is 0 Å². The highest BCUT2D eigenvalue weighted by atomic mass is 19.4. The van der Waals surface area contributed by atoms with Gasteiger partial charge in [-0.1, -0.05) is 18.2 Å². The third-order valence-electron chi connectivity index (χ3n) is 7.37. The maximum Gasteiger partial charge on any atom is 0.416 e. The Morgan fingerprint density at radius 2 is 2.00 bits per heavy atom. The quantitative estimate of drug-likeness (QED) is 0.768. The number of nitrogens with one attached hydrogen (secondary N) is 1. The Kier molecular flexibility index (Phi) is 4.61. The fraction of sp³-hybridized carbons (Fsp3) is 0.636. The van der Waals surface area contributed by atoms with Crippen LogP contribution in [0.5, 0.6) is 0 Å². The first kappa shape index (κ1) is 19.8. The summed E-state index contributed by atoms with van der Waals surface area (Å²) in [5, 5.41) is 0. The zero-order valence-corrected chi connectivity index (χ0v) is 16.8. The fourth-order valence-electron chi connectivity index (χ4n) is 5.47. The van der Waals surface area contributed by atoms with Crippen LogP contribution in [-0.4, -0.2) is 40.3 Å². The van der Waals surface area contributed by atoms with Crippen LogP contribution in [0.25, 0.3) is 0 Å². The maximum atomic E-state index is 12.8. The molecule has 2 saturated carbocycles. The van der Waals surface area contributed by atoms with Gasteiger partial charge in [-0.05, 0) is 61.8 Å². The summed E-state index contributed by atoms with van der Waals surface area (Å²) < 4.78 is 40.1. The highest BCUT2D eigenvalue weighted by Gasteiger charge is 2.62. The number of H-pyrrole nitrogens is 1. The predicted octanol–water partition coefficient (Wildman–Crippen LogP) is 3.19. The number of halogens is 3. The molecule has 1 N–H and O–H groups in total. The van der Waals surface area contributed by atoms with E-state index in [-0.39, 0.29) is 22.6 Å². The lowest BCUT2D eigenvalue weighted by molar-refractivity contribution is -0.0888. The number of hydrogen-bond acceptors (Lipinski definition) is 3. The van der Waals surface area contributed by atoms with E-state index in [4.69, 9.17) is 0 Å². The molecule has 0 radical (unpaired) electrons. The van der Waals surface area contributed by atoms with Crippen LogP contribution in [0.15, 0.2) is 39.6 Å². The van der Waals surface area contributed by atoms with Crippen LogP contribution in [0.3, 0.4) is 0 Å². The smallest absolute Gasteiger partial charge is 0.302 e. The lowest BCUT2D eigenvalue weighted by Crippen LogP contribution is -2.33. The van der Waals surface area contributed by atoms with Crippen molar-refractivity contribution in [1.82, 2.24) is 14.5 Å². The van der Waals surface area contributed by atoms with Gasteiger partial charge < -0.3 is 9.47 Å². The number of hydrogen-bond donors (Lipinski definition) is 1. The second-order valence-corrected chi connectivity index (χ2v) is 9.39. The minimum absolute atomic E-state index is 0.123. The van der Waals surface area contributed by atoms with Crippen LogP contribution in [0.4, 0.5) is 13.2 Å². The number of alkyl halides is 3. The average Bonchev–Trinajstić information content (AvgIpc) is 3.61. The van der Waals surface area contributed by atoms with Crippen LogP contribution >= 0.6 is 0 Å². The van der Waals surface area contributed by atoms with Crippen molar-refractivity contribution < 1.29 is 13.2 Å². The van der Waals surface area contributed by atoms with Crippen molar-refractivity contribution in [1.29, 1.82) is 0 Å². The summed E-state index contributed by atoms with van der Waals surface area (Å²) in [7, 11) is 0. The Hall–Kier alpha value is -2.09. The molecule has 1 aromatic rings. The summed E-state index contributed by atoms with van der Waals surface area (Å²) in [5.74, 6) is 1.04. The minimum Gasteiger partial charge on any atom is -0.302 e. The third kappa shape index (κ3) is 3.59. The number of rotatable bonds is 6. The second kappa shape index (κ2) is 6.97. The Balaban J connectivity index is 1.16. The van der Waals surface area contributed by atoms with Crippen molar-refractivity contribution in [3.05, 3.63) is 56.4 Å². The monoisotopic (exact) mass is 421 g/mol. The van der Waals surface area contributed by atoms with Gasteiger partial charge in [0, 0.05) is 31.4 Å². The molecular weight excluding hydrogens is 395 g/mol. The molecular formula is C22H26F3N3O2. The van der Waals surface area contributed by atoms with E-state index < -0.39 is 11.7 Å². The van der Waals surface area contributed by atoms with Crippen molar-refractivity contribution in [3.63, 3.8) is 0 Å². The molecule has 1 aromatic heterocycles. The van der Waals surface area contributed by atoms with E-state index in [1.165, 1.54) is 12.2 Å². The molecule has 0 amide bonds. The first-order valence-electron chi connectivity index (χ1n) is 10.8. The lowest BCUT2D eigenvalue weighted by Gasteiger charge is -2.27. The van der Waals surface area contributed by atoms with E-state index in [1.54, 1.807) is 16.8 Å². The van der Waals surface area contributed by atoms with Gasteiger partial charge in [0.05, 0.1) is 5.57 Å². The van der Waals surface area contributed by atoms with E-state index in [0.29, 0.717) is 30.4 Å². The van der Waals surface area contributed by atoms with Gasteiger partial charge in [-0.2, -0.15) is 13.2 Å². The Bertz CT molecular complexity index is 1020. The first-order valence-corrected chi connectivity index (χ1v) is 10.8. The Morgan fingerprint density at radius 1 is 1.20 bits per heavy atom. The van der Waals surface area contributed by atoms with E-state index >= 15 is 0 Å². The molecule has 5 rings (SSSR count). The van der Waals surface area contributed by atoms with Gasteiger partial charge in [0.2, 0.25) is 0 Å². The standard InChI is InChI=1S/C22H26F3N3O2/c23-22(24,25)16-6-4-15(5-7-16)21-10-17(21)11-27(13-21)8-1-9-28-12-18(14-2-3-14)19(29)26-20(28)30/h4,6-7,12,14-15,17H,1-3,5,8-11,13H2,(H,26,29,30)/t15-,17-,21+/m0/s1. The molecule has 8 heteroatoms. The molecule has 1 saturated heterocycles. The molecule has 4 aliphatic rings. The number of piperidine rings is 1. The number of fused-ring (bicyclic) bond motifs is 1.